The van der Waals surface area contributed by atoms with E-state index in [4.69, 9.17) is 9.47 Å². The number of benzene rings is 2. The highest BCUT2D eigenvalue weighted by molar-refractivity contribution is 5.99. The highest BCUT2D eigenvalue weighted by atomic mass is 16.5. The zero-order valence-electron chi connectivity index (χ0n) is 15.8. The zero-order valence-corrected chi connectivity index (χ0v) is 15.8. The quantitative estimate of drug-likeness (QED) is 0.785. The van der Waals surface area contributed by atoms with E-state index in [9.17, 15) is 9.59 Å². The Morgan fingerprint density at radius 3 is 2.59 bits per heavy atom. The predicted octanol–water partition coefficient (Wildman–Crippen LogP) is 3.25. The van der Waals surface area contributed by atoms with Gasteiger partial charge in [-0.1, -0.05) is 12.1 Å². The highest BCUT2D eigenvalue weighted by Gasteiger charge is 2.26. The van der Waals surface area contributed by atoms with Crippen molar-refractivity contribution < 1.29 is 19.1 Å². The lowest BCUT2D eigenvalue weighted by atomic mass is 10.2. The molecule has 0 fully saturated rings. The van der Waals surface area contributed by atoms with Crippen molar-refractivity contribution in [2.24, 2.45) is 0 Å². The van der Waals surface area contributed by atoms with Crippen LogP contribution in [0.25, 0.3) is 0 Å². The summed E-state index contributed by atoms with van der Waals surface area (Å²) in [6, 6.07) is 14.8. The second-order valence-corrected chi connectivity index (χ2v) is 6.67. The van der Waals surface area contributed by atoms with E-state index in [1.165, 1.54) is 0 Å². The maximum absolute atomic E-state index is 12.6. The van der Waals surface area contributed by atoms with Crippen LogP contribution >= 0.6 is 0 Å². The van der Waals surface area contributed by atoms with Crippen molar-refractivity contribution >= 4 is 23.2 Å². The van der Waals surface area contributed by atoms with Crippen LogP contribution in [0.1, 0.15) is 20.3 Å². The summed E-state index contributed by atoms with van der Waals surface area (Å²) in [5, 5.41) is 0. The summed E-state index contributed by atoms with van der Waals surface area (Å²) in [4.78, 5) is 28.0. The molecule has 142 valence electrons. The van der Waals surface area contributed by atoms with Gasteiger partial charge in [-0.25, -0.2) is 0 Å². The third-order valence-corrected chi connectivity index (χ3v) is 4.33. The molecule has 2 amide bonds. The number of carbonyl (C=O) groups is 2. The van der Waals surface area contributed by atoms with Crippen molar-refractivity contribution in [1.29, 1.82) is 0 Å². The molecule has 6 nitrogen and oxygen atoms in total. The molecular formula is C21H24N2O4. The standard InChI is InChI=1S/C21H24N2O4/c1-15(2)27-17-10-8-16(9-11-17)22(3)20(24)12-13-23-18-6-4-5-7-19(18)26-14-21(23)25/h4-11,15H,12-14H2,1-3H3. The van der Waals surface area contributed by atoms with E-state index in [2.05, 4.69) is 0 Å². The molecule has 0 aromatic heterocycles. The molecule has 0 saturated heterocycles. The fourth-order valence-corrected chi connectivity index (χ4v) is 2.94. The number of rotatable bonds is 6. The number of carbonyl (C=O) groups excluding carboxylic acids is 2. The van der Waals surface area contributed by atoms with E-state index in [0.29, 0.717) is 18.0 Å². The van der Waals surface area contributed by atoms with Gasteiger partial charge in [0, 0.05) is 25.7 Å². The average molecular weight is 368 g/mol. The Kier molecular flexibility index (Phi) is 5.64. The Balaban J connectivity index is 1.63. The minimum atomic E-state index is -0.139. The van der Waals surface area contributed by atoms with Crippen molar-refractivity contribution in [2.45, 2.75) is 26.4 Å². The van der Waals surface area contributed by atoms with Gasteiger partial charge in [0.15, 0.2) is 6.61 Å². The molecule has 1 aliphatic heterocycles. The first-order valence-corrected chi connectivity index (χ1v) is 9.01. The van der Waals surface area contributed by atoms with Gasteiger partial charge >= 0.3 is 0 Å². The fourth-order valence-electron chi connectivity index (χ4n) is 2.94. The zero-order chi connectivity index (χ0) is 19.4. The van der Waals surface area contributed by atoms with E-state index in [1.807, 2.05) is 62.4 Å². The Morgan fingerprint density at radius 2 is 1.89 bits per heavy atom. The lowest BCUT2D eigenvalue weighted by molar-refractivity contribution is -0.121. The molecule has 0 atom stereocenters. The molecule has 0 bridgehead atoms. The monoisotopic (exact) mass is 368 g/mol. The predicted molar refractivity (Wildman–Crippen MR) is 105 cm³/mol. The van der Waals surface area contributed by atoms with Crippen LogP contribution in [-0.4, -0.2) is 38.1 Å². The summed E-state index contributed by atoms with van der Waals surface area (Å²) in [7, 11) is 1.73. The van der Waals surface area contributed by atoms with E-state index in [0.717, 1.165) is 11.4 Å². The summed E-state index contributed by atoms with van der Waals surface area (Å²) >= 11 is 0. The van der Waals surface area contributed by atoms with Crippen molar-refractivity contribution in [3.05, 3.63) is 48.5 Å². The van der Waals surface area contributed by atoms with Gasteiger partial charge in [-0.15, -0.1) is 0 Å². The number of para-hydroxylation sites is 2. The van der Waals surface area contributed by atoms with E-state index < -0.39 is 0 Å². The third-order valence-electron chi connectivity index (χ3n) is 4.33. The maximum Gasteiger partial charge on any atom is 0.265 e. The van der Waals surface area contributed by atoms with Gasteiger partial charge in [-0.3, -0.25) is 9.59 Å². The molecule has 2 aromatic carbocycles. The van der Waals surface area contributed by atoms with E-state index in [1.54, 1.807) is 16.8 Å². The smallest absolute Gasteiger partial charge is 0.265 e. The molecular weight excluding hydrogens is 344 g/mol. The molecule has 0 unspecified atom stereocenters. The number of fused-ring (bicyclic) bond motifs is 1. The van der Waals surface area contributed by atoms with Crippen molar-refractivity contribution in [1.82, 2.24) is 0 Å². The summed E-state index contributed by atoms with van der Waals surface area (Å²) in [5.41, 5.74) is 1.49. The first-order chi connectivity index (χ1) is 13.0. The molecule has 27 heavy (non-hydrogen) atoms. The summed E-state index contributed by atoms with van der Waals surface area (Å²) in [6.45, 7) is 4.25. The molecule has 1 aliphatic rings. The molecule has 0 saturated carbocycles. The van der Waals surface area contributed by atoms with Gasteiger partial charge in [-0.2, -0.15) is 0 Å². The van der Waals surface area contributed by atoms with Crippen LogP contribution in [0.2, 0.25) is 0 Å². The lowest BCUT2D eigenvalue weighted by Crippen LogP contribution is -2.41. The molecule has 3 rings (SSSR count). The molecule has 1 heterocycles. The highest BCUT2D eigenvalue weighted by Crippen LogP contribution is 2.31. The van der Waals surface area contributed by atoms with Crippen molar-refractivity contribution in [2.75, 3.05) is 30.0 Å². The normalized spacial score (nSPS) is 13.2. The topological polar surface area (TPSA) is 59.1 Å². The molecule has 6 heteroatoms. The Hall–Kier alpha value is -3.02. The first kappa shape index (κ1) is 18.8. The largest absolute Gasteiger partial charge is 0.491 e. The van der Waals surface area contributed by atoms with Gasteiger partial charge < -0.3 is 19.3 Å². The average Bonchev–Trinajstić information content (AvgIpc) is 2.66. The third kappa shape index (κ3) is 4.39. The van der Waals surface area contributed by atoms with Crippen LogP contribution < -0.4 is 19.3 Å². The number of hydrogen-bond donors (Lipinski definition) is 0. The number of ether oxygens (including phenoxy) is 2. The summed E-state index contributed by atoms with van der Waals surface area (Å²) in [5.74, 6) is 1.23. The van der Waals surface area contributed by atoms with Gasteiger partial charge in [0.1, 0.15) is 11.5 Å². The summed E-state index contributed by atoms with van der Waals surface area (Å²) in [6.07, 6.45) is 0.324. The minimum absolute atomic E-state index is 0.00163. The molecule has 2 aromatic rings. The van der Waals surface area contributed by atoms with Crippen LogP contribution in [0.3, 0.4) is 0 Å². The molecule has 0 aliphatic carbocycles. The molecule has 0 spiro atoms. The second kappa shape index (κ2) is 8.12. The summed E-state index contributed by atoms with van der Waals surface area (Å²) < 4.78 is 11.1. The minimum Gasteiger partial charge on any atom is -0.491 e. The van der Waals surface area contributed by atoms with Gasteiger partial charge in [0.2, 0.25) is 5.91 Å². The molecule has 0 N–H and O–H groups in total. The van der Waals surface area contributed by atoms with Crippen LogP contribution in [0.5, 0.6) is 11.5 Å². The SMILES string of the molecule is CC(C)Oc1ccc(N(C)C(=O)CCN2C(=O)COc3ccccc32)cc1. The first-order valence-electron chi connectivity index (χ1n) is 9.01. The fraction of sp³-hybridized carbons (Fsp3) is 0.333. The van der Waals surface area contributed by atoms with Crippen LogP contribution in [0, 0.1) is 0 Å². The number of hydrogen-bond acceptors (Lipinski definition) is 4. The van der Waals surface area contributed by atoms with Crippen LogP contribution in [0.15, 0.2) is 48.5 Å². The number of nitrogens with zero attached hydrogens (tertiary/aromatic N) is 2. The Morgan fingerprint density at radius 1 is 1.19 bits per heavy atom. The Bertz CT molecular complexity index is 817. The van der Waals surface area contributed by atoms with Gasteiger partial charge in [0.25, 0.3) is 5.91 Å². The second-order valence-electron chi connectivity index (χ2n) is 6.67. The van der Waals surface area contributed by atoms with E-state index in [-0.39, 0.29) is 30.9 Å². The maximum atomic E-state index is 12.6. The van der Waals surface area contributed by atoms with E-state index >= 15 is 0 Å². The van der Waals surface area contributed by atoms with Crippen molar-refractivity contribution in [3.8, 4) is 11.5 Å². The number of amides is 2. The van der Waals surface area contributed by atoms with Crippen molar-refractivity contribution in [3.63, 3.8) is 0 Å². The lowest BCUT2D eigenvalue weighted by Gasteiger charge is -2.29. The molecule has 0 radical (unpaired) electrons. The van der Waals surface area contributed by atoms with Crippen LogP contribution in [-0.2, 0) is 9.59 Å². The van der Waals surface area contributed by atoms with Crippen LogP contribution in [0.4, 0.5) is 11.4 Å². The Labute approximate surface area is 159 Å². The van der Waals surface area contributed by atoms with Gasteiger partial charge in [0.05, 0.1) is 11.8 Å². The number of anilines is 2. The van der Waals surface area contributed by atoms with Gasteiger partial charge in [-0.05, 0) is 50.2 Å².